The SMILES string of the molecule is Cc1cccc(-n2c(C)cc([C@H]3[C@@H](c4ccccn4)NC(=S)N3c3ccc(NS(C)(=O)=O)cc3)c2C)c1C. The Morgan fingerprint density at radius 1 is 0.974 bits per heavy atom. The van der Waals surface area contributed by atoms with Gasteiger partial charge >= 0.3 is 0 Å². The van der Waals surface area contributed by atoms with E-state index < -0.39 is 10.0 Å². The van der Waals surface area contributed by atoms with Crippen LogP contribution in [0.1, 0.15) is 45.9 Å². The fourth-order valence-corrected chi connectivity index (χ4v) is 6.20. The molecule has 3 heterocycles. The highest BCUT2D eigenvalue weighted by Crippen LogP contribution is 2.44. The van der Waals surface area contributed by atoms with E-state index >= 15 is 0 Å². The third-order valence-corrected chi connectivity index (χ3v) is 8.07. The topological polar surface area (TPSA) is 79.3 Å². The predicted octanol–water partition coefficient (Wildman–Crippen LogP) is 5.65. The Morgan fingerprint density at radius 3 is 2.37 bits per heavy atom. The molecule has 1 fully saturated rings. The summed E-state index contributed by atoms with van der Waals surface area (Å²) >= 11 is 5.88. The fourth-order valence-electron chi connectivity index (χ4n) is 5.29. The van der Waals surface area contributed by atoms with Gasteiger partial charge in [0, 0.05) is 34.6 Å². The zero-order valence-electron chi connectivity index (χ0n) is 22.1. The number of benzene rings is 2. The van der Waals surface area contributed by atoms with Gasteiger partial charge in [-0.25, -0.2) is 8.42 Å². The van der Waals surface area contributed by atoms with E-state index in [0.29, 0.717) is 10.8 Å². The van der Waals surface area contributed by atoms with Crippen LogP contribution in [0.5, 0.6) is 0 Å². The Balaban J connectivity index is 1.65. The van der Waals surface area contributed by atoms with Crippen molar-refractivity contribution < 1.29 is 8.42 Å². The van der Waals surface area contributed by atoms with E-state index in [1.54, 1.807) is 18.3 Å². The minimum atomic E-state index is -3.37. The van der Waals surface area contributed by atoms with Gasteiger partial charge in [-0.2, -0.15) is 0 Å². The number of pyridine rings is 1. The van der Waals surface area contributed by atoms with Gasteiger partial charge in [0.2, 0.25) is 10.0 Å². The molecule has 2 N–H and O–H groups in total. The van der Waals surface area contributed by atoms with Gasteiger partial charge in [-0.1, -0.05) is 18.2 Å². The van der Waals surface area contributed by atoms with Crippen LogP contribution in [-0.4, -0.2) is 29.3 Å². The minimum Gasteiger partial charge on any atom is -0.351 e. The lowest BCUT2D eigenvalue weighted by Crippen LogP contribution is -2.29. The van der Waals surface area contributed by atoms with Crippen molar-refractivity contribution in [3.8, 4) is 5.69 Å². The number of sulfonamides is 1. The van der Waals surface area contributed by atoms with E-state index in [9.17, 15) is 8.42 Å². The Bertz CT molecular complexity index is 1610. The van der Waals surface area contributed by atoms with Gasteiger partial charge in [0.25, 0.3) is 0 Å². The second-order valence-corrected chi connectivity index (χ2v) is 11.9. The number of anilines is 2. The number of nitrogens with zero attached hydrogens (tertiary/aromatic N) is 3. The Morgan fingerprint density at radius 2 is 1.71 bits per heavy atom. The summed E-state index contributed by atoms with van der Waals surface area (Å²) in [7, 11) is -3.37. The average molecular weight is 546 g/mol. The normalized spacial score (nSPS) is 17.5. The molecule has 9 heteroatoms. The summed E-state index contributed by atoms with van der Waals surface area (Å²) in [6, 6.07) is 21.5. The van der Waals surface area contributed by atoms with Crippen LogP contribution in [0.4, 0.5) is 11.4 Å². The first-order valence-electron chi connectivity index (χ1n) is 12.4. The largest absolute Gasteiger partial charge is 0.351 e. The third kappa shape index (κ3) is 4.79. The average Bonchev–Trinajstić information content (AvgIpc) is 3.36. The van der Waals surface area contributed by atoms with Crippen molar-refractivity contribution in [2.75, 3.05) is 15.9 Å². The summed E-state index contributed by atoms with van der Waals surface area (Å²) in [6.07, 6.45) is 2.93. The molecule has 4 aromatic rings. The molecular weight excluding hydrogens is 514 g/mol. The lowest BCUT2D eigenvalue weighted by molar-refractivity contribution is 0.565. The molecule has 5 rings (SSSR count). The molecule has 196 valence electrons. The first-order chi connectivity index (χ1) is 18.0. The van der Waals surface area contributed by atoms with Gasteiger partial charge < -0.3 is 14.8 Å². The van der Waals surface area contributed by atoms with Gasteiger partial charge in [0.15, 0.2) is 5.11 Å². The third-order valence-electron chi connectivity index (χ3n) is 7.15. The summed E-state index contributed by atoms with van der Waals surface area (Å²) in [5, 5.41) is 4.10. The second-order valence-electron chi connectivity index (χ2n) is 9.80. The van der Waals surface area contributed by atoms with Crippen molar-refractivity contribution in [3.63, 3.8) is 0 Å². The van der Waals surface area contributed by atoms with E-state index in [4.69, 9.17) is 12.2 Å². The second kappa shape index (κ2) is 9.89. The highest BCUT2D eigenvalue weighted by molar-refractivity contribution is 7.92. The van der Waals surface area contributed by atoms with Gasteiger partial charge in [-0.15, -0.1) is 0 Å². The molecule has 0 unspecified atom stereocenters. The van der Waals surface area contributed by atoms with Crippen LogP contribution in [0, 0.1) is 27.7 Å². The molecule has 7 nitrogen and oxygen atoms in total. The Labute approximate surface area is 229 Å². The van der Waals surface area contributed by atoms with Crippen LogP contribution in [0.25, 0.3) is 5.69 Å². The number of aryl methyl sites for hydroxylation is 2. The molecule has 0 amide bonds. The number of hydrogen-bond donors (Lipinski definition) is 2. The maximum Gasteiger partial charge on any atom is 0.229 e. The number of nitrogens with one attached hydrogen (secondary N) is 2. The van der Waals surface area contributed by atoms with E-state index in [1.165, 1.54) is 11.1 Å². The van der Waals surface area contributed by atoms with E-state index in [1.807, 2.05) is 30.3 Å². The molecule has 0 saturated carbocycles. The van der Waals surface area contributed by atoms with Crippen molar-refractivity contribution in [2.24, 2.45) is 0 Å². The molecule has 0 radical (unpaired) electrons. The van der Waals surface area contributed by atoms with Crippen LogP contribution in [-0.2, 0) is 10.0 Å². The van der Waals surface area contributed by atoms with Crippen LogP contribution < -0.4 is 14.9 Å². The molecule has 1 saturated heterocycles. The molecule has 2 atom stereocenters. The Kier molecular flexibility index (Phi) is 6.75. The van der Waals surface area contributed by atoms with Gasteiger partial charge in [0.05, 0.1) is 24.0 Å². The first kappa shape index (κ1) is 25.9. The van der Waals surface area contributed by atoms with Crippen molar-refractivity contribution in [3.05, 3.63) is 107 Å². The standard InChI is InChI=1S/C29H31N5O2S2/c1-18-9-8-11-26(20(18)3)33-19(2)17-24(21(33)4)28-27(25-10-6-7-16-30-25)31-29(37)34(28)23-14-12-22(13-15-23)32-38(5,35)36/h6-17,27-28,32H,1-5H3,(H,31,37)/t27-,28+/m1/s1. The fraction of sp³-hybridized carbons (Fsp3) is 0.241. The molecule has 0 spiro atoms. The highest BCUT2D eigenvalue weighted by atomic mass is 32.2. The van der Waals surface area contributed by atoms with E-state index in [0.717, 1.165) is 40.3 Å². The highest BCUT2D eigenvalue weighted by Gasteiger charge is 2.42. The van der Waals surface area contributed by atoms with Crippen LogP contribution >= 0.6 is 12.2 Å². The summed E-state index contributed by atoms with van der Waals surface area (Å²) in [5.74, 6) is 0. The van der Waals surface area contributed by atoms with Crippen molar-refractivity contribution in [2.45, 2.75) is 39.8 Å². The van der Waals surface area contributed by atoms with Gasteiger partial charge in [0.1, 0.15) is 0 Å². The summed E-state index contributed by atoms with van der Waals surface area (Å²) in [6.45, 7) is 8.57. The molecule has 2 aromatic carbocycles. The van der Waals surface area contributed by atoms with Crippen LogP contribution in [0.3, 0.4) is 0 Å². The zero-order chi connectivity index (χ0) is 27.2. The summed E-state index contributed by atoms with van der Waals surface area (Å²) in [5.41, 5.74) is 9.33. The van der Waals surface area contributed by atoms with Crippen molar-refractivity contribution in [1.82, 2.24) is 14.9 Å². The number of aromatic nitrogens is 2. The van der Waals surface area contributed by atoms with Crippen molar-refractivity contribution in [1.29, 1.82) is 0 Å². The van der Waals surface area contributed by atoms with Crippen molar-refractivity contribution >= 4 is 38.7 Å². The van der Waals surface area contributed by atoms with E-state index in [2.05, 4.69) is 76.5 Å². The maximum atomic E-state index is 11.7. The molecule has 1 aliphatic rings. The van der Waals surface area contributed by atoms with Crippen LogP contribution in [0.2, 0.25) is 0 Å². The minimum absolute atomic E-state index is 0.170. The first-order valence-corrected chi connectivity index (χ1v) is 14.7. The predicted molar refractivity (Wildman–Crippen MR) is 158 cm³/mol. The maximum absolute atomic E-state index is 11.7. The number of rotatable bonds is 6. The Hall–Kier alpha value is -3.69. The monoisotopic (exact) mass is 545 g/mol. The lowest BCUT2D eigenvalue weighted by atomic mass is 9.96. The van der Waals surface area contributed by atoms with E-state index in [-0.39, 0.29) is 12.1 Å². The molecule has 0 aliphatic carbocycles. The number of hydrogen-bond acceptors (Lipinski definition) is 4. The number of thiocarbonyl (C=S) groups is 1. The quantitative estimate of drug-likeness (QED) is 0.305. The summed E-state index contributed by atoms with van der Waals surface area (Å²) in [4.78, 5) is 6.77. The molecular formula is C29H31N5O2S2. The molecule has 38 heavy (non-hydrogen) atoms. The van der Waals surface area contributed by atoms with Crippen LogP contribution in [0.15, 0.2) is 72.9 Å². The zero-order valence-corrected chi connectivity index (χ0v) is 23.7. The smallest absolute Gasteiger partial charge is 0.229 e. The molecule has 1 aliphatic heterocycles. The molecule has 0 bridgehead atoms. The van der Waals surface area contributed by atoms with Gasteiger partial charge in [-0.3, -0.25) is 9.71 Å². The van der Waals surface area contributed by atoms with Gasteiger partial charge in [-0.05, 0) is 105 Å². The molecule has 2 aromatic heterocycles. The lowest BCUT2D eigenvalue weighted by Gasteiger charge is -2.28. The summed E-state index contributed by atoms with van der Waals surface area (Å²) < 4.78 is 28.2.